The first kappa shape index (κ1) is 18.3. The van der Waals surface area contributed by atoms with E-state index >= 15 is 0 Å². The summed E-state index contributed by atoms with van der Waals surface area (Å²) >= 11 is 0. The van der Waals surface area contributed by atoms with Gasteiger partial charge in [0.2, 0.25) is 0 Å². The maximum absolute atomic E-state index is 6.08. The van der Waals surface area contributed by atoms with Crippen LogP contribution in [0.25, 0.3) is 0 Å². The lowest BCUT2D eigenvalue weighted by Gasteiger charge is -2.32. The molecule has 1 aromatic rings. The fraction of sp³-hybridized carbons (Fsp3) is 0.667. The molecule has 5 heteroatoms. The highest BCUT2D eigenvalue weighted by atomic mass is 16.7. The van der Waals surface area contributed by atoms with Crippen LogP contribution in [0.3, 0.4) is 0 Å². The summed E-state index contributed by atoms with van der Waals surface area (Å²) in [5.41, 5.74) is 0.303. The van der Waals surface area contributed by atoms with Gasteiger partial charge in [0.1, 0.15) is 12.4 Å². The van der Waals surface area contributed by atoms with E-state index in [1.165, 1.54) is 0 Å². The lowest BCUT2D eigenvalue weighted by Crippen LogP contribution is -2.41. The molecule has 23 heavy (non-hydrogen) atoms. The summed E-state index contributed by atoms with van der Waals surface area (Å²) < 4.78 is 23.6. The standard InChI is InChI=1S/C18H29BO4/c1-7-11-20-14(2)13-21-16-10-8-9-15(12-16)19-22-17(3,4)18(5,6)23-19/h8-10,12,14H,7,11,13H2,1-6H3/t14-/m0/s1. The molecule has 0 saturated carbocycles. The van der Waals surface area contributed by atoms with Crippen molar-refractivity contribution in [3.05, 3.63) is 24.3 Å². The number of hydrogen-bond donors (Lipinski definition) is 0. The summed E-state index contributed by atoms with van der Waals surface area (Å²) in [5.74, 6) is 0.809. The zero-order valence-corrected chi connectivity index (χ0v) is 15.2. The Morgan fingerprint density at radius 2 is 1.78 bits per heavy atom. The first-order valence-corrected chi connectivity index (χ1v) is 8.45. The van der Waals surface area contributed by atoms with Crippen molar-refractivity contribution in [2.45, 2.75) is 65.3 Å². The van der Waals surface area contributed by atoms with Crippen LogP contribution >= 0.6 is 0 Å². The van der Waals surface area contributed by atoms with E-state index in [1.54, 1.807) is 0 Å². The Kier molecular flexibility index (Phi) is 5.77. The van der Waals surface area contributed by atoms with Gasteiger partial charge in [-0.2, -0.15) is 0 Å². The van der Waals surface area contributed by atoms with Crippen LogP contribution < -0.4 is 10.2 Å². The fourth-order valence-corrected chi connectivity index (χ4v) is 2.31. The zero-order chi connectivity index (χ0) is 17.1. The predicted octanol–water partition coefficient (Wildman–Crippen LogP) is 3.18. The van der Waals surface area contributed by atoms with E-state index in [9.17, 15) is 0 Å². The molecule has 4 nitrogen and oxygen atoms in total. The second-order valence-electron chi connectivity index (χ2n) is 7.15. The van der Waals surface area contributed by atoms with Crippen molar-refractivity contribution in [3.63, 3.8) is 0 Å². The molecule has 0 bridgehead atoms. The SMILES string of the molecule is CCCO[C@@H](C)COc1cccc(B2OC(C)(C)C(C)(C)O2)c1. The molecule has 1 heterocycles. The van der Waals surface area contributed by atoms with E-state index in [0.29, 0.717) is 6.61 Å². The third-order valence-corrected chi connectivity index (χ3v) is 4.47. The van der Waals surface area contributed by atoms with Gasteiger partial charge in [0.05, 0.1) is 17.3 Å². The summed E-state index contributed by atoms with van der Waals surface area (Å²) in [5, 5.41) is 0. The van der Waals surface area contributed by atoms with Gasteiger partial charge in [0.25, 0.3) is 0 Å². The van der Waals surface area contributed by atoms with Gasteiger partial charge in [0.15, 0.2) is 0 Å². The van der Waals surface area contributed by atoms with Crippen LogP contribution in [-0.2, 0) is 14.0 Å². The Morgan fingerprint density at radius 1 is 1.13 bits per heavy atom. The van der Waals surface area contributed by atoms with Crippen molar-refractivity contribution >= 4 is 12.6 Å². The van der Waals surface area contributed by atoms with E-state index in [-0.39, 0.29) is 24.4 Å². The summed E-state index contributed by atoms with van der Waals surface area (Å²) in [6.07, 6.45) is 1.09. The minimum atomic E-state index is -0.364. The summed E-state index contributed by atoms with van der Waals surface area (Å²) in [6.45, 7) is 13.6. The van der Waals surface area contributed by atoms with Crippen molar-refractivity contribution in [2.75, 3.05) is 13.2 Å². The van der Waals surface area contributed by atoms with Crippen molar-refractivity contribution in [1.82, 2.24) is 0 Å². The van der Waals surface area contributed by atoms with E-state index < -0.39 is 0 Å². The van der Waals surface area contributed by atoms with Crippen molar-refractivity contribution in [2.24, 2.45) is 0 Å². The van der Waals surface area contributed by atoms with Gasteiger partial charge < -0.3 is 18.8 Å². The molecule has 2 rings (SSSR count). The van der Waals surface area contributed by atoms with Crippen LogP contribution in [0.2, 0.25) is 0 Å². The summed E-state index contributed by atoms with van der Waals surface area (Å²) in [7, 11) is -0.364. The lowest BCUT2D eigenvalue weighted by molar-refractivity contribution is 0.00578. The Morgan fingerprint density at radius 3 is 2.39 bits per heavy atom. The second-order valence-corrected chi connectivity index (χ2v) is 7.15. The molecule has 1 atom stereocenters. The third-order valence-electron chi connectivity index (χ3n) is 4.47. The van der Waals surface area contributed by atoms with Gasteiger partial charge in [-0.05, 0) is 58.6 Å². The van der Waals surface area contributed by atoms with Gasteiger partial charge >= 0.3 is 7.12 Å². The minimum absolute atomic E-state index is 0.0791. The number of rotatable bonds is 7. The molecule has 1 aliphatic heterocycles. The Balaban J connectivity index is 1.98. The Bertz CT molecular complexity index is 499. The molecule has 0 aromatic heterocycles. The van der Waals surface area contributed by atoms with Gasteiger partial charge in [-0.25, -0.2) is 0 Å². The molecule has 1 saturated heterocycles. The molecule has 1 aliphatic rings. The van der Waals surface area contributed by atoms with Crippen LogP contribution in [-0.4, -0.2) is 37.6 Å². The highest BCUT2D eigenvalue weighted by Crippen LogP contribution is 2.36. The molecule has 0 unspecified atom stereocenters. The predicted molar refractivity (Wildman–Crippen MR) is 93.4 cm³/mol. The monoisotopic (exact) mass is 320 g/mol. The number of ether oxygens (including phenoxy) is 2. The molecule has 0 radical (unpaired) electrons. The quantitative estimate of drug-likeness (QED) is 0.723. The smallest absolute Gasteiger partial charge is 0.491 e. The fourth-order valence-electron chi connectivity index (χ4n) is 2.31. The maximum atomic E-state index is 6.08. The molecule has 0 spiro atoms. The van der Waals surface area contributed by atoms with E-state index in [0.717, 1.165) is 24.2 Å². The van der Waals surface area contributed by atoms with Crippen molar-refractivity contribution in [1.29, 1.82) is 0 Å². The average molecular weight is 320 g/mol. The zero-order valence-electron chi connectivity index (χ0n) is 15.2. The summed E-state index contributed by atoms with van der Waals surface area (Å²) in [6, 6.07) is 7.90. The molecule has 0 amide bonds. The van der Waals surface area contributed by atoms with E-state index in [4.69, 9.17) is 18.8 Å². The van der Waals surface area contributed by atoms with Crippen LogP contribution in [0.5, 0.6) is 5.75 Å². The molecule has 128 valence electrons. The van der Waals surface area contributed by atoms with Gasteiger partial charge in [-0.1, -0.05) is 19.1 Å². The number of benzene rings is 1. The Labute approximate surface area is 140 Å². The molecule has 1 fully saturated rings. The van der Waals surface area contributed by atoms with Crippen LogP contribution in [0, 0.1) is 0 Å². The molecular weight excluding hydrogens is 291 g/mol. The Hall–Kier alpha value is -1.04. The average Bonchev–Trinajstić information content (AvgIpc) is 2.71. The van der Waals surface area contributed by atoms with Gasteiger partial charge in [0, 0.05) is 6.61 Å². The highest BCUT2D eigenvalue weighted by molar-refractivity contribution is 6.62. The lowest BCUT2D eigenvalue weighted by atomic mass is 9.79. The summed E-state index contributed by atoms with van der Waals surface area (Å²) in [4.78, 5) is 0. The second kappa shape index (κ2) is 7.24. The van der Waals surface area contributed by atoms with Crippen LogP contribution in [0.1, 0.15) is 48.0 Å². The minimum Gasteiger partial charge on any atom is -0.491 e. The first-order valence-electron chi connectivity index (χ1n) is 8.45. The molecule has 1 aromatic carbocycles. The largest absolute Gasteiger partial charge is 0.494 e. The van der Waals surface area contributed by atoms with E-state index in [2.05, 4.69) is 34.6 Å². The van der Waals surface area contributed by atoms with Crippen molar-refractivity contribution < 1.29 is 18.8 Å². The molecular formula is C18H29BO4. The normalized spacial score (nSPS) is 20.5. The van der Waals surface area contributed by atoms with Gasteiger partial charge in [-0.15, -0.1) is 0 Å². The highest BCUT2D eigenvalue weighted by Gasteiger charge is 2.51. The third kappa shape index (κ3) is 4.49. The number of hydrogen-bond acceptors (Lipinski definition) is 4. The molecule has 0 aliphatic carbocycles. The van der Waals surface area contributed by atoms with Gasteiger partial charge in [-0.3, -0.25) is 0 Å². The van der Waals surface area contributed by atoms with E-state index in [1.807, 2.05) is 31.2 Å². The first-order chi connectivity index (χ1) is 10.7. The maximum Gasteiger partial charge on any atom is 0.494 e. The molecule has 0 N–H and O–H groups in total. The topological polar surface area (TPSA) is 36.9 Å². The van der Waals surface area contributed by atoms with Crippen LogP contribution in [0.15, 0.2) is 24.3 Å². The van der Waals surface area contributed by atoms with Crippen LogP contribution in [0.4, 0.5) is 0 Å². The van der Waals surface area contributed by atoms with Crippen molar-refractivity contribution in [3.8, 4) is 5.75 Å².